The highest BCUT2D eigenvalue weighted by Gasteiger charge is 2.22. The number of hydrogen-bond acceptors (Lipinski definition) is 7. The van der Waals surface area contributed by atoms with Crippen LogP contribution in [-0.2, 0) is 22.9 Å². The first-order valence-electron chi connectivity index (χ1n) is 8.21. The molecule has 2 amide bonds. The average Bonchev–Trinajstić information content (AvgIpc) is 3.11. The van der Waals surface area contributed by atoms with Gasteiger partial charge in [0, 0.05) is 22.8 Å². The van der Waals surface area contributed by atoms with Gasteiger partial charge in [0.2, 0.25) is 0 Å². The number of sulfonamides is 1. The van der Waals surface area contributed by atoms with Crippen molar-refractivity contribution in [1.29, 1.82) is 0 Å². The predicted molar refractivity (Wildman–Crippen MR) is 105 cm³/mol. The van der Waals surface area contributed by atoms with Gasteiger partial charge in [-0.15, -0.1) is 22.7 Å². The highest BCUT2D eigenvalue weighted by atomic mass is 32.2. The number of urea groups is 1. The van der Waals surface area contributed by atoms with Crippen molar-refractivity contribution in [3.8, 4) is 0 Å². The van der Waals surface area contributed by atoms with E-state index in [1.165, 1.54) is 17.4 Å². The molecule has 10 heteroatoms. The maximum absolute atomic E-state index is 12.4. The van der Waals surface area contributed by atoms with Gasteiger partial charge in [0.1, 0.15) is 4.21 Å². The summed E-state index contributed by atoms with van der Waals surface area (Å²) in [6, 6.07) is 0.659. The number of aryl methyl sites for hydroxylation is 2. The Morgan fingerprint density at radius 2 is 2.00 bits per heavy atom. The van der Waals surface area contributed by atoms with Crippen molar-refractivity contribution in [2.24, 2.45) is 0 Å². The summed E-state index contributed by atoms with van der Waals surface area (Å²) >= 11 is 2.40. The van der Waals surface area contributed by atoms with Gasteiger partial charge in [-0.1, -0.05) is 20.8 Å². The number of nitrogens with zero attached hydrogens (tertiary/aromatic N) is 1. The highest BCUT2D eigenvalue weighted by molar-refractivity contribution is 7.92. The van der Waals surface area contributed by atoms with Gasteiger partial charge < -0.3 is 5.11 Å². The third-order valence-electron chi connectivity index (χ3n) is 3.64. The van der Waals surface area contributed by atoms with Crippen LogP contribution in [0.4, 0.5) is 9.93 Å². The zero-order valence-corrected chi connectivity index (χ0v) is 17.6. The van der Waals surface area contributed by atoms with E-state index in [1.807, 2.05) is 25.5 Å². The summed E-state index contributed by atoms with van der Waals surface area (Å²) in [6.07, 6.45) is 1.18. The number of carbonyl (C=O) groups is 1. The van der Waals surface area contributed by atoms with Gasteiger partial charge in [0.25, 0.3) is 10.0 Å². The molecule has 2 rings (SSSR count). The summed E-state index contributed by atoms with van der Waals surface area (Å²) in [4.78, 5) is 18.4. The number of nitrogens with one attached hydrogen (secondary N) is 2. The molecule has 0 saturated heterocycles. The van der Waals surface area contributed by atoms with Crippen LogP contribution in [-0.4, -0.2) is 31.1 Å². The van der Waals surface area contributed by atoms with Gasteiger partial charge in [-0.2, -0.15) is 0 Å². The Hall–Kier alpha value is -1.49. The topological polar surface area (TPSA) is 108 Å². The smallest absolute Gasteiger partial charge is 0.334 e. The van der Waals surface area contributed by atoms with E-state index in [0.717, 1.165) is 38.8 Å². The van der Waals surface area contributed by atoms with Crippen LogP contribution in [0.15, 0.2) is 10.3 Å². The number of hydrogen-bond donors (Lipinski definition) is 3. The molecule has 0 unspecified atom stereocenters. The van der Waals surface area contributed by atoms with Crippen LogP contribution in [0.2, 0.25) is 0 Å². The van der Waals surface area contributed by atoms with Crippen molar-refractivity contribution >= 4 is 43.9 Å². The van der Waals surface area contributed by atoms with E-state index in [-0.39, 0.29) is 16.7 Å². The van der Waals surface area contributed by atoms with Gasteiger partial charge in [-0.3, -0.25) is 5.32 Å². The van der Waals surface area contributed by atoms with Crippen LogP contribution in [0.1, 0.15) is 47.7 Å². The Balaban J connectivity index is 2.12. The fraction of sp³-hybridized carbons (Fsp3) is 0.500. The Morgan fingerprint density at radius 1 is 1.31 bits per heavy atom. The number of thiazole rings is 1. The molecule has 7 nitrogen and oxygen atoms in total. The fourth-order valence-corrected chi connectivity index (χ4v) is 5.92. The summed E-state index contributed by atoms with van der Waals surface area (Å²) in [5, 5.41) is 11.9. The third kappa shape index (κ3) is 4.81. The Bertz CT molecular complexity index is 885. The van der Waals surface area contributed by atoms with Gasteiger partial charge >= 0.3 is 6.03 Å². The molecule has 0 aliphatic heterocycles. The second-order valence-corrected chi connectivity index (χ2v) is 10.2. The number of aromatic nitrogens is 1. The zero-order valence-electron chi connectivity index (χ0n) is 15.1. The molecule has 0 radical (unpaired) electrons. The average molecular weight is 418 g/mol. The molecule has 2 aromatic rings. The maximum atomic E-state index is 12.4. The van der Waals surface area contributed by atoms with Crippen molar-refractivity contribution in [2.45, 2.75) is 50.7 Å². The van der Waals surface area contributed by atoms with E-state index in [0.29, 0.717) is 11.6 Å². The molecular formula is C16H23N3O4S3. The monoisotopic (exact) mass is 417 g/mol. The molecule has 0 spiro atoms. The minimum atomic E-state index is -3.97. The van der Waals surface area contributed by atoms with Crippen molar-refractivity contribution in [3.63, 3.8) is 0 Å². The lowest BCUT2D eigenvalue weighted by molar-refractivity contribution is 0.256. The third-order valence-corrected chi connectivity index (χ3v) is 7.88. The molecule has 2 aromatic heterocycles. The fourth-order valence-electron chi connectivity index (χ4n) is 2.39. The van der Waals surface area contributed by atoms with E-state index in [1.54, 1.807) is 6.92 Å². The summed E-state index contributed by atoms with van der Waals surface area (Å²) < 4.78 is 26.9. The van der Waals surface area contributed by atoms with Crippen molar-refractivity contribution in [2.75, 3.05) is 11.9 Å². The van der Waals surface area contributed by atoms with E-state index in [4.69, 9.17) is 5.11 Å². The van der Waals surface area contributed by atoms with Crippen LogP contribution in [0, 0.1) is 6.92 Å². The van der Waals surface area contributed by atoms with E-state index >= 15 is 0 Å². The number of aliphatic hydroxyl groups excluding tert-OH is 1. The molecule has 2 heterocycles. The van der Waals surface area contributed by atoms with Crippen molar-refractivity contribution < 1.29 is 18.3 Å². The first-order valence-corrected chi connectivity index (χ1v) is 11.3. The van der Waals surface area contributed by atoms with E-state index in [2.05, 4.69) is 10.3 Å². The minimum absolute atomic E-state index is 0.0462. The Kier molecular flexibility index (Phi) is 6.78. The molecule has 0 aromatic carbocycles. The number of anilines is 1. The Labute approximate surface area is 161 Å². The molecule has 3 N–H and O–H groups in total. The SMILES string of the molecule is CCc1sc(NC(=O)NS(=O)(=O)c2cc(C)c(CCO)s2)nc1C(C)C. The lowest BCUT2D eigenvalue weighted by Crippen LogP contribution is -2.33. The summed E-state index contributed by atoms with van der Waals surface area (Å²) in [7, 11) is -3.97. The molecule has 0 aliphatic rings. The zero-order chi connectivity index (χ0) is 19.5. The van der Waals surface area contributed by atoms with Gasteiger partial charge in [0.15, 0.2) is 5.13 Å². The summed E-state index contributed by atoms with van der Waals surface area (Å²) in [6.45, 7) is 7.76. The van der Waals surface area contributed by atoms with Crippen LogP contribution in [0.5, 0.6) is 0 Å². The molecule has 0 saturated carbocycles. The van der Waals surface area contributed by atoms with E-state index < -0.39 is 16.1 Å². The second-order valence-electron chi connectivity index (χ2n) is 6.04. The number of carbonyl (C=O) groups excluding carboxylic acids is 1. The van der Waals surface area contributed by atoms with Gasteiger partial charge in [-0.05, 0) is 30.9 Å². The molecule has 0 bridgehead atoms. The van der Waals surface area contributed by atoms with E-state index in [9.17, 15) is 13.2 Å². The number of amides is 2. The Morgan fingerprint density at radius 3 is 2.54 bits per heavy atom. The van der Waals surface area contributed by atoms with Crippen molar-refractivity contribution in [3.05, 3.63) is 27.1 Å². The van der Waals surface area contributed by atoms with Crippen LogP contribution in [0.3, 0.4) is 0 Å². The number of rotatable bonds is 7. The summed E-state index contributed by atoms with van der Waals surface area (Å²) in [5.41, 5.74) is 1.69. The van der Waals surface area contributed by atoms with Crippen LogP contribution < -0.4 is 10.0 Å². The lowest BCUT2D eigenvalue weighted by atomic mass is 10.1. The van der Waals surface area contributed by atoms with Gasteiger partial charge in [0.05, 0.1) is 5.69 Å². The molecule has 0 aliphatic carbocycles. The molecule has 0 atom stereocenters. The molecular weight excluding hydrogens is 394 g/mol. The standard InChI is InChI=1S/C16H23N3O4S3/c1-5-11-14(9(2)3)17-16(25-11)18-15(21)19-26(22,23)13-8-10(4)12(24-13)6-7-20/h8-9,20H,5-7H2,1-4H3,(H2,17,18,19,21). The lowest BCUT2D eigenvalue weighted by Gasteiger charge is -2.05. The predicted octanol–water partition coefficient (Wildman–Crippen LogP) is 3.24. The van der Waals surface area contributed by atoms with Crippen molar-refractivity contribution in [1.82, 2.24) is 9.71 Å². The summed E-state index contributed by atoms with van der Waals surface area (Å²) in [5.74, 6) is 0.225. The molecule has 26 heavy (non-hydrogen) atoms. The minimum Gasteiger partial charge on any atom is -0.396 e. The first-order chi connectivity index (χ1) is 12.2. The largest absolute Gasteiger partial charge is 0.396 e. The quantitative estimate of drug-likeness (QED) is 0.641. The molecule has 0 fully saturated rings. The maximum Gasteiger partial charge on any atom is 0.334 e. The highest BCUT2D eigenvalue weighted by Crippen LogP contribution is 2.29. The van der Waals surface area contributed by atoms with Crippen LogP contribution >= 0.6 is 22.7 Å². The molecule has 144 valence electrons. The second kappa shape index (κ2) is 8.47. The normalized spacial score (nSPS) is 11.8. The number of thiophene rings is 1. The first kappa shape index (κ1) is 20.8. The number of aliphatic hydroxyl groups is 1. The van der Waals surface area contributed by atoms with Gasteiger partial charge in [-0.25, -0.2) is 22.9 Å². The van der Waals surface area contributed by atoms with Crippen LogP contribution in [0.25, 0.3) is 0 Å².